The molecule has 0 bridgehead atoms. The summed E-state index contributed by atoms with van der Waals surface area (Å²) in [5.41, 5.74) is 11.2. The molecule has 0 aliphatic rings. The van der Waals surface area contributed by atoms with Crippen LogP contribution in [-0.4, -0.2) is 5.11 Å². The predicted octanol–water partition coefficient (Wildman–Crippen LogP) is 12.9. The quantitative estimate of drug-likeness (QED) is 0.124. The highest BCUT2D eigenvalue weighted by molar-refractivity contribution is 5.94. The summed E-state index contributed by atoms with van der Waals surface area (Å²) in [4.78, 5) is 0. The number of benzene rings is 4. The highest BCUT2D eigenvalue weighted by atomic mass is 16.2. The molecule has 0 saturated carbocycles. The second-order valence-electron chi connectivity index (χ2n) is 11.8. The minimum absolute atomic E-state index is 0.750. The van der Waals surface area contributed by atoms with Crippen LogP contribution in [0, 0.1) is 12.8 Å². The first-order valence-electron chi connectivity index (χ1n) is 16.4. The minimum Gasteiger partial charge on any atom is -0.516 e. The van der Waals surface area contributed by atoms with E-state index in [1.54, 1.807) is 0 Å². The lowest BCUT2D eigenvalue weighted by Gasteiger charge is -2.14. The van der Waals surface area contributed by atoms with Crippen molar-refractivity contribution < 1.29 is 5.11 Å². The zero-order valence-electron chi connectivity index (χ0n) is 27.9. The van der Waals surface area contributed by atoms with Gasteiger partial charge >= 0.3 is 0 Å². The molecule has 0 aromatic heterocycles. The van der Waals surface area contributed by atoms with E-state index in [9.17, 15) is 0 Å². The third-order valence-electron chi connectivity index (χ3n) is 7.93. The normalized spacial score (nSPS) is 10.5. The average molecular weight is 577 g/mol. The maximum atomic E-state index is 7.33. The molecule has 1 nitrogen and oxygen atoms in total. The Kier molecular flexibility index (Phi) is 16.2. The van der Waals surface area contributed by atoms with E-state index < -0.39 is 0 Å². The molecule has 230 valence electrons. The van der Waals surface area contributed by atoms with Gasteiger partial charge < -0.3 is 5.11 Å². The van der Waals surface area contributed by atoms with Crippen molar-refractivity contribution in [2.45, 2.75) is 99.3 Å². The van der Waals surface area contributed by atoms with Crippen molar-refractivity contribution in [2.24, 2.45) is 5.92 Å². The fourth-order valence-corrected chi connectivity index (χ4v) is 5.91. The number of aliphatic hydroxyl groups is 1. The fourth-order valence-electron chi connectivity index (χ4n) is 5.91. The Morgan fingerprint density at radius 1 is 0.744 bits per heavy atom. The zero-order chi connectivity index (χ0) is 31.6. The Balaban J connectivity index is 0.00000121. The molecule has 0 aliphatic carbocycles. The van der Waals surface area contributed by atoms with E-state index in [-0.39, 0.29) is 0 Å². The van der Waals surface area contributed by atoms with Gasteiger partial charge in [0.2, 0.25) is 0 Å². The molecule has 0 atom stereocenters. The van der Waals surface area contributed by atoms with Crippen molar-refractivity contribution in [1.29, 1.82) is 0 Å². The molecule has 4 rings (SSSR count). The third kappa shape index (κ3) is 11.2. The SMILES string of the molecule is C=C(C)c1c(CCCCCCc2ccc(-c3ccccc3CCCC(C)C)c(C)c2)ccc2ccccc12.C=CO.CC. The molecule has 4 aromatic rings. The van der Waals surface area contributed by atoms with Gasteiger partial charge in [-0.2, -0.15) is 0 Å². The molecule has 0 heterocycles. The summed E-state index contributed by atoms with van der Waals surface area (Å²) in [5.74, 6) is 0.774. The summed E-state index contributed by atoms with van der Waals surface area (Å²) in [6, 6.07) is 29.4. The van der Waals surface area contributed by atoms with Gasteiger partial charge in [-0.05, 0) is 108 Å². The molecule has 0 fully saturated rings. The van der Waals surface area contributed by atoms with Crippen molar-refractivity contribution in [1.82, 2.24) is 0 Å². The van der Waals surface area contributed by atoms with Gasteiger partial charge in [0.1, 0.15) is 0 Å². The maximum absolute atomic E-state index is 7.33. The Bertz CT molecular complexity index is 1410. The highest BCUT2D eigenvalue weighted by Gasteiger charge is 2.10. The fraction of sp³-hybridized carbons (Fsp3) is 0.381. The van der Waals surface area contributed by atoms with Crippen LogP contribution in [-0.2, 0) is 19.3 Å². The summed E-state index contributed by atoms with van der Waals surface area (Å²) in [6.45, 7) is 20.3. The lowest BCUT2D eigenvalue weighted by atomic mass is 9.91. The Labute approximate surface area is 263 Å². The van der Waals surface area contributed by atoms with Gasteiger partial charge in [0.05, 0.1) is 6.26 Å². The lowest BCUT2D eigenvalue weighted by molar-refractivity contribution is 0.476. The lowest BCUT2D eigenvalue weighted by Crippen LogP contribution is -1.96. The van der Waals surface area contributed by atoms with E-state index >= 15 is 0 Å². The van der Waals surface area contributed by atoms with Crippen LogP contribution < -0.4 is 0 Å². The number of fused-ring (bicyclic) bond motifs is 1. The van der Waals surface area contributed by atoms with E-state index in [1.165, 1.54) is 107 Å². The number of allylic oxidation sites excluding steroid dienone is 1. The first-order valence-corrected chi connectivity index (χ1v) is 16.4. The second-order valence-corrected chi connectivity index (χ2v) is 11.8. The van der Waals surface area contributed by atoms with E-state index in [1.807, 2.05) is 13.8 Å². The molecule has 0 unspecified atom stereocenters. The van der Waals surface area contributed by atoms with Crippen LogP contribution >= 0.6 is 0 Å². The first kappa shape index (κ1) is 35.6. The highest BCUT2D eigenvalue weighted by Crippen LogP contribution is 2.31. The van der Waals surface area contributed by atoms with Gasteiger partial charge in [0.25, 0.3) is 0 Å². The zero-order valence-corrected chi connectivity index (χ0v) is 27.9. The Morgan fingerprint density at radius 3 is 2.05 bits per heavy atom. The molecule has 4 aromatic carbocycles. The molecule has 0 spiro atoms. The van der Waals surface area contributed by atoms with E-state index in [2.05, 4.69) is 120 Å². The number of hydrogen-bond acceptors (Lipinski definition) is 1. The van der Waals surface area contributed by atoms with E-state index in [4.69, 9.17) is 5.11 Å². The molecule has 1 N–H and O–H groups in total. The number of aryl methyl sites for hydroxylation is 4. The Hall–Kier alpha value is -3.58. The number of hydrogen-bond donors (Lipinski definition) is 1. The second kappa shape index (κ2) is 19.6. The molecule has 43 heavy (non-hydrogen) atoms. The van der Waals surface area contributed by atoms with Crippen LogP contribution in [0.25, 0.3) is 27.5 Å². The molecule has 0 saturated heterocycles. The molecule has 0 radical (unpaired) electrons. The van der Waals surface area contributed by atoms with Gasteiger partial charge in [-0.25, -0.2) is 0 Å². The first-order chi connectivity index (χ1) is 20.8. The van der Waals surface area contributed by atoms with Crippen molar-refractivity contribution in [3.8, 4) is 11.1 Å². The van der Waals surface area contributed by atoms with Crippen LogP contribution in [0.1, 0.15) is 101 Å². The van der Waals surface area contributed by atoms with Crippen LogP contribution in [0.2, 0.25) is 0 Å². The van der Waals surface area contributed by atoms with Crippen LogP contribution in [0.15, 0.2) is 98.3 Å². The number of aliphatic hydroxyl groups excluding tert-OH is 1. The van der Waals surface area contributed by atoms with Gasteiger partial charge in [-0.3, -0.25) is 0 Å². The van der Waals surface area contributed by atoms with Gasteiger partial charge in [0, 0.05) is 0 Å². The topological polar surface area (TPSA) is 20.2 Å². The number of rotatable bonds is 13. The van der Waals surface area contributed by atoms with Gasteiger partial charge in [-0.1, -0.05) is 145 Å². The van der Waals surface area contributed by atoms with Crippen LogP contribution in [0.3, 0.4) is 0 Å². The Morgan fingerprint density at radius 2 is 1.37 bits per heavy atom. The molecular formula is C42H56O. The summed E-state index contributed by atoms with van der Waals surface area (Å²) < 4.78 is 0. The molecule has 1 heteroatoms. The van der Waals surface area contributed by atoms with Crippen molar-refractivity contribution in [3.63, 3.8) is 0 Å². The molecule has 0 aliphatic heterocycles. The average Bonchev–Trinajstić information content (AvgIpc) is 3.00. The summed E-state index contributed by atoms with van der Waals surface area (Å²) in [7, 11) is 0. The van der Waals surface area contributed by atoms with Gasteiger partial charge in [-0.15, -0.1) is 0 Å². The van der Waals surface area contributed by atoms with Crippen LogP contribution in [0.5, 0.6) is 0 Å². The third-order valence-corrected chi connectivity index (χ3v) is 7.93. The minimum atomic E-state index is 0.750. The molecule has 0 amide bonds. The van der Waals surface area contributed by atoms with Crippen molar-refractivity contribution in [3.05, 3.63) is 126 Å². The molecular weight excluding hydrogens is 520 g/mol. The van der Waals surface area contributed by atoms with Crippen molar-refractivity contribution in [2.75, 3.05) is 0 Å². The van der Waals surface area contributed by atoms with Crippen molar-refractivity contribution >= 4 is 16.3 Å². The summed E-state index contributed by atoms with van der Waals surface area (Å²) >= 11 is 0. The van der Waals surface area contributed by atoms with Gasteiger partial charge in [0.15, 0.2) is 0 Å². The predicted molar refractivity (Wildman–Crippen MR) is 193 cm³/mol. The maximum Gasteiger partial charge on any atom is 0.0719 e. The number of unbranched alkanes of at least 4 members (excludes halogenated alkanes) is 3. The smallest absolute Gasteiger partial charge is 0.0719 e. The standard InChI is InChI=1S/C38H46.C2H4O.C2H6/c1-28(2)15-14-20-32-17-10-12-21-36(32)35-26-23-31(27-30(35)5)16-8-6-7-9-19-34-25-24-33-18-11-13-22-37(33)38(34)29(3)4;1-2-3;1-2/h10-13,17-18,21-28H,3,6-9,14-16,19-20H2,1-2,4-5H3;2-3H,1H2;1-2H3. The summed E-state index contributed by atoms with van der Waals surface area (Å²) in [6.07, 6.45) is 11.9. The van der Waals surface area contributed by atoms with Crippen LogP contribution in [0.4, 0.5) is 0 Å². The summed E-state index contributed by atoms with van der Waals surface area (Å²) in [5, 5.41) is 9.99. The largest absolute Gasteiger partial charge is 0.516 e. The van der Waals surface area contributed by atoms with E-state index in [0.29, 0.717) is 0 Å². The monoisotopic (exact) mass is 576 g/mol. The van der Waals surface area contributed by atoms with E-state index in [0.717, 1.165) is 18.6 Å².